The van der Waals surface area contributed by atoms with E-state index in [0.717, 1.165) is 25.9 Å². The molecule has 0 aliphatic carbocycles. The van der Waals surface area contributed by atoms with Crippen molar-refractivity contribution in [3.63, 3.8) is 0 Å². The quantitative estimate of drug-likeness (QED) is 0.750. The minimum Gasteiger partial charge on any atom is -0.382 e. The molecule has 2 N–H and O–H groups in total. The van der Waals surface area contributed by atoms with Gasteiger partial charge in [-0.2, -0.15) is 0 Å². The fourth-order valence-corrected chi connectivity index (χ4v) is 3.45. The van der Waals surface area contributed by atoms with Crippen LogP contribution in [0.15, 0.2) is 35.1 Å². The van der Waals surface area contributed by atoms with Gasteiger partial charge in [-0.3, -0.25) is 0 Å². The highest BCUT2D eigenvalue weighted by Crippen LogP contribution is 2.36. The number of hydrogen-bond acceptors (Lipinski definition) is 5. The zero-order valence-electron chi connectivity index (χ0n) is 11.7. The van der Waals surface area contributed by atoms with E-state index in [2.05, 4.69) is 24.2 Å². The molecular formula is C15H15FN2S3. The number of hydrogen-bond donors (Lipinski definition) is 2. The van der Waals surface area contributed by atoms with Crippen molar-refractivity contribution in [1.29, 1.82) is 0 Å². The highest BCUT2D eigenvalue weighted by molar-refractivity contribution is 8.11. The summed E-state index contributed by atoms with van der Waals surface area (Å²) in [6.45, 7) is 7.85. The zero-order valence-corrected chi connectivity index (χ0v) is 14.2. The molecule has 0 aliphatic rings. The second-order valence-electron chi connectivity index (χ2n) is 4.46. The highest BCUT2D eigenvalue weighted by atomic mass is 32.2. The molecule has 0 saturated heterocycles. The van der Waals surface area contributed by atoms with Crippen LogP contribution in [0.4, 0.5) is 10.2 Å². The van der Waals surface area contributed by atoms with E-state index < -0.39 is 0 Å². The largest absolute Gasteiger partial charge is 0.382 e. The van der Waals surface area contributed by atoms with E-state index in [1.807, 2.05) is 25.3 Å². The topological polar surface area (TPSA) is 38.9 Å². The van der Waals surface area contributed by atoms with Crippen LogP contribution < -0.4 is 5.73 Å². The molecule has 0 saturated carbocycles. The van der Waals surface area contributed by atoms with Gasteiger partial charge in [-0.05, 0) is 42.5 Å². The molecule has 2 rings (SSSR count). The minimum atomic E-state index is -0.324. The molecule has 0 fully saturated rings. The van der Waals surface area contributed by atoms with Gasteiger partial charge in [0.25, 0.3) is 0 Å². The number of nitrogens with two attached hydrogens (primary N) is 1. The fraction of sp³-hybridized carbons (Fsp3) is 0.133. The number of nitrogen functional groups attached to an aromatic ring is 1. The van der Waals surface area contributed by atoms with Crippen LogP contribution in [0.25, 0.3) is 10.5 Å². The van der Waals surface area contributed by atoms with Crippen LogP contribution in [0.5, 0.6) is 0 Å². The zero-order chi connectivity index (χ0) is 15.6. The Morgan fingerprint density at radius 2 is 2.24 bits per heavy atom. The molecule has 0 amide bonds. The third-order valence-corrected chi connectivity index (χ3v) is 5.29. The minimum absolute atomic E-state index is 0.324. The molecule has 110 valence electrons. The number of allylic oxidation sites excluding steroid dienone is 1. The number of thiol groups is 1. The van der Waals surface area contributed by atoms with Gasteiger partial charge in [0.05, 0.1) is 9.88 Å². The van der Waals surface area contributed by atoms with E-state index in [9.17, 15) is 4.39 Å². The van der Waals surface area contributed by atoms with Crippen molar-refractivity contribution in [3.05, 3.63) is 51.5 Å². The molecule has 0 bridgehead atoms. The molecule has 2 aromatic rings. The number of anilines is 1. The Morgan fingerprint density at radius 1 is 1.52 bits per heavy atom. The Labute approximate surface area is 137 Å². The fourth-order valence-electron chi connectivity index (χ4n) is 1.68. The maximum Gasteiger partial charge on any atom is 0.143 e. The van der Waals surface area contributed by atoms with E-state index >= 15 is 0 Å². The number of thiazole rings is 1. The van der Waals surface area contributed by atoms with Crippen LogP contribution >= 0.6 is 35.7 Å². The summed E-state index contributed by atoms with van der Waals surface area (Å²) in [5.41, 5.74) is 7.61. The first-order valence-corrected chi connectivity index (χ1v) is 8.27. The van der Waals surface area contributed by atoms with E-state index in [-0.39, 0.29) is 5.82 Å². The van der Waals surface area contributed by atoms with Gasteiger partial charge in [0.1, 0.15) is 11.6 Å². The summed E-state index contributed by atoms with van der Waals surface area (Å²) < 4.78 is 13.5. The van der Waals surface area contributed by atoms with E-state index in [1.54, 1.807) is 6.07 Å². The predicted molar refractivity (Wildman–Crippen MR) is 95.2 cm³/mol. The van der Waals surface area contributed by atoms with Gasteiger partial charge >= 0.3 is 0 Å². The lowest BCUT2D eigenvalue weighted by molar-refractivity contribution is 0.602. The van der Waals surface area contributed by atoms with E-state index in [4.69, 9.17) is 5.73 Å². The molecule has 0 radical (unpaired) electrons. The number of halogens is 1. The van der Waals surface area contributed by atoms with Crippen LogP contribution in [0, 0.1) is 12.7 Å². The van der Waals surface area contributed by atoms with E-state index in [1.165, 1.54) is 29.2 Å². The van der Waals surface area contributed by atoms with Crippen LogP contribution in [-0.2, 0) is 0 Å². The maximum atomic E-state index is 13.5. The van der Waals surface area contributed by atoms with Crippen LogP contribution in [0.1, 0.15) is 22.4 Å². The summed E-state index contributed by atoms with van der Waals surface area (Å²) in [7, 11) is 0. The summed E-state index contributed by atoms with van der Waals surface area (Å²) in [6, 6.07) is 4.96. The molecule has 1 aromatic carbocycles. The van der Waals surface area contributed by atoms with Gasteiger partial charge in [-0.25, -0.2) is 9.37 Å². The van der Waals surface area contributed by atoms with E-state index in [0.29, 0.717) is 10.7 Å². The van der Waals surface area contributed by atoms with Crippen molar-refractivity contribution in [2.75, 3.05) is 5.73 Å². The SMILES string of the molecule is C=C(S/C=C(\C)c1ccc(S)c(F)c1)c1sc(C)nc1N. The highest BCUT2D eigenvalue weighted by Gasteiger charge is 2.09. The number of rotatable bonds is 4. The Hall–Kier alpha value is -1.24. The summed E-state index contributed by atoms with van der Waals surface area (Å²) >= 11 is 7.01. The third-order valence-electron chi connectivity index (χ3n) is 2.79. The molecule has 2 nitrogen and oxygen atoms in total. The standard InChI is InChI=1S/C15H15FN2S3/c1-8(11-4-5-13(19)12(16)6-11)7-20-9(2)14-15(17)18-10(3)21-14/h4-7,19H,2,17H2,1,3H3/b8-7+. The Balaban J connectivity index is 2.14. The Morgan fingerprint density at radius 3 is 2.81 bits per heavy atom. The van der Waals surface area contributed by atoms with Crippen LogP contribution in [0.2, 0.25) is 0 Å². The van der Waals surface area contributed by atoms with Crippen LogP contribution in [-0.4, -0.2) is 4.98 Å². The van der Waals surface area contributed by atoms with Crippen molar-refractivity contribution in [2.24, 2.45) is 0 Å². The molecule has 0 unspecified atom stereocenters. The normalized spacial score (nSPS) is 11.7. The average molecular weight is 338 g/mol. The first kappa shape index (κ1) is 16.1. The van der Waals surface area contributed by atoms with Gasteiger partial charge in [-0.1, -0.05) is 24.4 Å². The van der Waals surface area contributed by atoms with Gasteiger partial charge in [0.2, 0.25) is 0 Å². The van der Waals surface area contributed by atoms with Crippen molar-refractivity contribution in [2.45, 2.75) is 18.7 Å². The molecule has 1 aromatic heterocycles. The first-order chi connectivity index (χ1) is 9.88. The molecule has 0 atom stereocenters. The van der Waals surface area contributed by atoms with Crippen molar-refractivity contribution in [3.8, 4) is 0 Å². The number of benzene rings is 1. The molecule has 1 heterocycles. The number of aromatic nitrogens is 1. The molecule has 6 heteroatoms. The van der Waals surface area contributed by atoms with Crippen LogP contribution in [0.3, 0.4) is 0 Å². The Kier molecular flexibility index (Phi) is 5.13. The smallest absolute Gasteiger partial charge is 0.143 e. The third kappa shape index (κ3) is 3.90. The lowest BCUT2D eigenvalue weighted by Crippen LogP contribution is -1.88. The number of thioether (sulfide) groups is 1. The second-order valence-corrected chi connectivity index (χ2v) is 7.10. The van der Waals surface area contributed by atoms with Gasteiger partial charge < -0.3 is 5.73 Å². The summed E-state index contributed by atoms with van der Waals surface area (Å²) in [6.07, 6.45) is 0. The molecule has 21 heavy (non-hydrogen) atoms. The van der Waals surface area contributed by atoms with Crippen molar-refractivity contribution in [1.82, 2.24) is 4.98 Å². The summed E-state index contributed by atoms with van der Waals surface area (Å²) in [5, 5.41) is 2.85. The number of nitrogens with zero attached hydrogens (tertiary/aromatic N) is 1. The maximum absolute atomic E-state index is 13.5. The van der Waals surface area contributed by atoms with Gasteiger partial charge in [0, 0.05) is 9.80 Å². The lowest BCUT2D eigenvalue weighted by atomic mass is 10.1. The Bertz CT molecular complexity index is 720. The van der Waals surface area contributed by atoms with Gasteiger partial charge in [0.15, 0.2) is 0 Å². The molecular weight excluding hydrogens is 323 g/mol. The summed E-state index contributed by atoms with van der Waals surface area (Å²) in [4.78, 5) is 6.25. The summed E-state index contributed by atoms with van der Waals surface area (Å²) in [5.74, 6) is 0.182. The van der Waals surface area contributed by atoms with Crippen molar-refractivity contribution >= 4 is 52.0 Å². The number of aryl methyl sites for hydroxylation is 1. The van der Waals surface area contributed by atoms with Gasteiger partial charge in [-0.15, -0.1) is 24.0 Å². The molecule has 0 aliphatic heterocycles. The van der Waals surface area contributed by atoms with Crippen molar-refractivity contribution < 1.29 is 4.39 Å². The molecule has 0 spiro atoms. The second kappa shape index (κ2) is 6.68. The lowest BCUT2D eigenvalue weighted by Gasteiger charge is -2.04. The first-order valence-electron chi connectivity index (χ1n) is 6.13. The predicted octanol–water partition coefficient (Wildman–Crippen LogP) is 5.23. The average Bonchev–Trinajstić information content (AvgIpc) is 2.77. The monoisotopic (exact) mass is 338 g/mol.